The van der Waals surface area contributed by atoms with E-state index in [-0.39, 0.29) is 11.6 Å². The molecule has 1 atom stereocenters. The number of halogens is 1. The van der Waals surface area contributed by atoms with E-state index >= 15 is 0 Å². The quantitative estimate of drug-likeness (QED) is 0.420. The van der Waals surface area contributed by atoms with Gasteiger partial charge in [-0.15, -0.1) is 0 Å². The van der Waals surface area contributed by atoms with Crippen molar-refractivity contribution in [2.24, 2.45) is 0 Å². The summed E-state index contributed by atoms with van der Waals surface area (Å²) in [6.45, 7) is 2.74. The zero-order chi connectivity index (χ0) is 24.7. The highest BCUT2D eigenvalue weighted by Gasteiger charge is 2.32. The zero-order valence-corrected chi connectivity index (χ0v) is 20.8. The third-order valence-electron chi connectivity index (χ3n) is 6.60. The molecule has 1 unspecified atom stereocenters. The van der Waals surface area contributed by atoms with Crippen molar-refractivity contribution in [3.63, 3.8) is 0 Å². The molecule has 2 heterocycles. The third kappa shape index (κ3) is 3.96. The van der Waals surface area contributed by atoms with Crippen LogP contribution >= 0.6 is 11.6 Å². The number of aryl methyl sites for hydroxylation is 1. The van der Waals surface area contributed by atoms with Crippen LogP contribution in [-0.2, 0) is 6.42 Å². The molecule has 0 radical (unpaired) electrons. The van der Waals surface area contributed by atoms with Gasteiger partial charge in [-0.05, 0) is 53.8 Å². The number of fused-ring (bicyclic) bond motifs is 2. The van der Waals surface area contributed by atoms with Gasteiger partial charge in [-0.3, -0.25) is 9.78 Å². The molecule has 0 amide bonds. The van der Waals surface area contributed by atoms with Crippen LogP contribution in [0.3, 0.4) is 0 Å². The molecule has 1 aromatic heterocycles. The average molecular weight is 492 g/mol. The Bertz CT molecular complexity index is 1480. The predicted octanol–water partition coefficient (Wildman–Crippen LogP) is 5.06. The van der Waals surface area contributed by atoms with Crippen LogP contribution in [0.1, 0.15) is 28.3 Å². The van der Waals surface area contributed by atoms with Gasteiger partial charge in [-0.2, -0.15) is 0 Å². The molecule has 180 valence electrons. The van der Waals surface area contributed by atoms with Gasteiger partial charge in [0.2, 0.25) is 5.95 Å². The van der Waals surface area contributed by atoms with Gasteiger partial charge in [0.25, 0.3) is 5.56 Å². The molecule has 0 bridgehead atoms. The van der Waals surface area contributed by atoms with E-state index < -0.39 is 0 Å². The lowest BCUT2D eigenvalue weighted by molar-refractivity contribution is 0.355. The van der Waals surface area contributed by atoms with Crippen molar-refractivity contribution in [3.8, 4) is 17.2 Å². The number of aromatic amines is 1. The Hall–Kier alpha value is -3.71. The monoisotopic (exact) mass is 491 g/mol. The van der Waals surface area contributed by atoms with Gasteiger partial charge in [0.15, 0.2) is 11.5 Å². The van der Waals surface area contributed by atoms with Crippen LogP contribution in [0.15, 0.2) is 53.3 Å². The van der Waals surface area contributed by atoms with E-state index in [0.29, 0.717) is 45.7 Å². The van der Waals surface area contributed by atoms with Crippen molar-refractivity contribution < 1.29 is 14.2 Å². The van der Waals surface area contributed by atoms with E-state index in [0.717, 1.165) is 28.7 Å². The maximum Gasteiger partial charge on any atom is 0.260 e. The lowest BCUT2D eigenvalue weighted by Crippen LogP contribution is -2.38. The Morgan fingerprint density at radius 2 is 1.69 bits per heavy atom. The summed E-state index contributed by atoms with van der Waals surface area (Å²) in [6, 6.07) is 15.4. The Kier molecular flexibility index (Phi) is 6.03. The average Bonchev–Trinajstić information content (AvgIpc) is 2.87. The van der Waals surface area contributed by atoms with Gasteiger partial charge in [0.1, 0.15) is 5.75 Å². The first-order valence-electron chi connectivity index (χ1n) is 11.3. The minimum absolute atomic E-state index is 0.191. The van der Waals surface area contributed by atoms with Crippen molar-refractivity contribution in [3.05, 3.63) is 86.2 Å². The molecule has 1 N–H and O–H groups in total. The highest BCUT2D eigenvalue weighted by atomic mass is 35.5. The Labute approximate surface area is 208 Å². The Morgan fingerprint density at radius 1 is 0.971 bits per heavy atom. The predicted molar refractivity (Wildman–Crippen MR) is 138 cm³/mol. The van der Waals surface area contributed by atoms with Gasteiger partial charge in [-0.25, -0.2) is 4.98 Å². The van der Waals surface area contributed by atoms with Crippen LogP contribution in [0.4, 0.5) is 5.95 Å². The van der Waals surface area contributed by atoms with Crippen LogP contribution in [0, 0.1) is 6.92 Å². The molecule has 3 aromatic carbocycles. The first-order valence-corrected chi connectivity index (χ1v) is 11.7. The minimum Gasteiger partial charge on any atom is -0.495 e. The maximum atomic E-state index is 13.1. The number of anilines is 1. The van der Waals surface area contributed by atoms with E-state index in [1.54, 1.807) is 26.4 Å². The second-order valence-electron chi connectivity index (χ2n) is 8.50. The summed E-state index contributed by atoms with van der Waals surface area (Å²) in [6.07, 6.45) is 0.749. The first kappa shape index (κ1) is 23.1. The molecule has 8 heteroatoms. The van der Waals surface area contributed by atoms with Crippen LogP contribution < -0.4 is 24.7 Å². The Morgan fingerprint density at radius 3 is 2.40 bits per heavy atom. The molecule has 35 heavy (non-hydrogen) atoms. The van der Waals surface area contributed by atoms with Gasteiger partial charge in [0, 0.05) is 12.6 Å². The molecule has 0 spiro atoms. The van der Waals surface area contributed by atoms with E-state index in [9.17, 15) is 4.79 Å². The molecule has 5 rings (SSSR count). The summed E-state index contributed by atoms with van der Waals surface area (Å²) in [5.74, 6) is 2.14. The molecular weight excluding hydrogens is 466 g/mol. The lowest BCUT2D eigenvalue weighted by Gasteiger charge is -2.39. The van der Waals surface area contributed by atoms with Crippen molar-refractivity contribution in [2.45, 2.75) is 19.4 Å². The molecule has 0 fully saturated rings. The normalized spacial score (nSPS) is 15.1. The van der Waals surface area contributed by atoms with Gasteiger partial charge in [0.05, 0.1) is 43.3 Å². The molecule has 0 aliphatic carbocycles. The molecule has 4 aromatic rings. The fraction of sp³-hybridized carbons (Fsp3) is 0.259. The maximum absolute atomic E-state index is 13.1. The fourth-order valence-corrected chi connectivity index (χ4v) is 5.07. The standard InChI is InChI=1S/C27H26ClN3O4/c1-15-7-5-6-8-17(15)25-18-12-20(28)22(33-2)11-16(18)9-10-31(25)27-29-21-14-24(35-4)23(34-3)13-19(21)26(32)30-27/h5-8,11-14,25H,9-10H2,1-4H3,(H,29,30,32). The molecule has 1 aliphatic rings. The second-order valence-corrected chi connectivity index (χ2v) is 8.91. The van der Waals surface area contributed by atoms with E-state index in [1.165, 1.54) is 7.11 Å². The smallest absolute Gasteiger partial charge is 0.260 e. The SMILES string of the molecule is COc1cc2c(cc1Cl)C(c1ccccc1C)N(c1nc3cc(OC)c(OC)cc3c(=O)[nH]1)CC2. The largest absolute Gasteiger partial charge is 0.495 e. The summed E-state index contributed by atoms with van der Waals surface area (Å²) < 4.78 is 16.3. The summed E-state index contributed by atoms with van der Waals surface area (Å²) in [5.41, 5.74) is 4.76. The number of nitrogens with one attached hydrogen (secondary N) is 1. The topological polar surface area (TPSA) is 76.7 Å². The number of hydrogen-bond acceptors (Lipinski definition) is 6. The van der Waals surface area contributed by atoms with Crippen molar-refractivity contribution >= 4 is 28.5 Å². The second kappa shape index (κ2) is 9.15. The minimum atomic E-state index is -0.243. The number of nitrogens with zero attached hydrogens (tertiary/aromatic N) is 2. The van der Waals surface area contributed by atoms with Crippen LogP contribution in [-0.4, -0.2) is 37.8 Å². The summed E-state index contributed by atoms with van der Waals surface area (Å²) >= 11 is 6.57. The molecular formula is C27H26ClN3O4. The number of methoxy groups -OCH3 is 3. The number of hydrogen-bond donors (Lipinski definition) is 1. The molecule has 0 saturated heterocycles. The van der Waals surface area contributed by atoms with Crippen molar-refractivity contribution in [2.75, 3.05) is 32.8 Å². The first-order chi connectivity index (χ1) is 16.9. The molecule has 1 aliphatic heterocycles. The highest BCUT2D eigenvalue weighted by molar-refractivity contribution is 6.32. The fourth-order valence-electron chi connectivity index (χ4n) is 4.82. The lowest BCUT2D eigenvalue weighted by atomic mass is 9.86. The number of benzene rings is 3. The number of aromatic nitrogens is 2. The molecule has 7 nitrogen and oxygen atoms in total. The number of rotatable bonds is 5. The number of H-pyrrole nitrogens is 1. The van der Waals surface area contributed by atoms with Crippen LogP contribution in [0.2, 0.25) is 5.02 Å². The third-order valence-corrected chi connectivity index (χ3v) is 6.89. The summed E-state index contributed by atoms with van der Waals surface area (Å²) in [4.78, 5) is 23.1. The Balaban J connectivity index is 1.72. The molecule has 0 saturated carbocycles. The van der Waals surface area contributed by atoms with Crippen molar-refractivity contribution in [1.82, 2.24) is 9.97 Å². The van der Waals surface area contributed by atoms with E-state index in [2.05, 4.69) is 28.9 Å². The summed E-state index contributed by atoms with van der Waals surface area (Å²) in [7, 11) is 4.72. The van der Waals surface area contributed by atoms with Crippen molar-refractivity contribution in [1.29, 1.82) is 0 Å². The van der Waals surface area contributed by atoms with Crippen LogP contribution in [0.25, 0.3) is 10.9 Å². The van der Waals surface area contributed by atoms with Gasteiger partial charge < -0.3 is 19.1 Å². The van der Waals surface area contributed by atoms with E-state index in [1.807, 2.05) is 24.3 Å². The number of ether oxygens (including phenoxy) is 3. The van der Waals surface area contributed by atoms with Gasteiger partial charge >= 0.3 is 0 Å². The van der Waals surface area contributed by atoms with Crippen LogP contribution in [0.5, 0.6) is 17.2 Å². The summed E-state index contributed by atoms with van der Waals surface area (Å²) in [5, 5.41) is 0.979. The zero-order valence-electron chi connectivity index (χ0n) is 20.0. The van der Waals surface area contributed by atoms with Gasteiger partial charge in [-0.1, -0.05) is 35.9 Å². The van der Waals surface area contributed by atoms with E-state index in [4.69, 9.17) is 30.8 Å². The highest BCUT2D eigenvalue weighted by Crippen LogP contribution is 2.42.